The average molecular weight is 310 g/mol. The second kappa shape index (κ2) is 6.46. The van der Waals surface area contributed by atoms with Gasteiger partial charge in [0.15, 0.2) is 0 Å². The van der Waals surface area contributed by atoms with Crippen molar-refractivity contribution < 1.29 is 5.11 Å². The van der Waals surface area contributed by atoms with E-state index in [-0.39, 0.29) is 0 Å². The first-order chi connectivity index (χ1) is 10.8. The zero-order chi connectivity index (χ0) is 15.4. The number of aromatic amines is 1. The fraction of sp³-hybridized carbons (Fsp3) is 0.0625. The molecular weight excluding hydrogens is 296 g/mol. The molecule has 2 aromatic carbocycles. The highest BCUT2D eigenvalue weighted by atomic mass is 32.1. The van der Waals surface area contributed by atoms with Crippen LogP contribution in [0.4, 0.5) is 0 Å². The molecule has 1 heterocycles. The number of rotatable bonds is 4. The normalized spacial score (nSPS) is 13.0. The molecule has 1 aromatic heterocycles. The van der Waals surface area contributed by atoms with E-state index in [1.54, 1.807) is 0 Å². The van der Waals surface area contributed by atoms with Crippen LogP contribution < -0.4 is 0 Å². The first-order valence-corrected chi connectivity index (χ1v) is 7.16. The van der Waals surface area contributed by atoms with Crippen molar-refractivity contribution in [3.05, 3.63) is 82.9 Å². The molecular formula is C16H14N4OS. The largest absolute Gasteiger partial charge is 0.382 e. The molecule has 1 unspecified atom stereocenters. The molecule has 2 N–H and O–H groups in total. The topological polar surface area (TPSA) is 66.2 Å². The predicted molar refractivity (Wildman–Crippen MR) is 87.2 cm³/mol. The predicted octanol–water partition coefficient (Wildman–Crippen LogP) is 2.93. The van der Waals surface area contributed by atoms with Crippen molar-refractivity contribution >= 4 is 17.9 Å². The summed E-state index contributed by atoms with van der Waals surface area (Å²) in [7, 11) is 0. The number of hydrogen-bond donors (Lipinski definition) is 2. The van der Waals surface area contributed by atoms with E-state index in [4.69, 9.17) is 12.2 Å². The molecule has 0 bridgehead atoms. The summed E-state index contributed by atoms with van der Waals surface area (Å²) in [5, 5.41) is 21.7. The van der Waals surface area contributed by atoms with Crippen LogP contribution in [0, 0.1) is 4.77 Å². The zero-order valence-corrected chi connectivity index (χ0v) is 12.4. The Balaban J connectivity index is 2.10. The van der Waals surface area contributed by atoms with Gasteiger partial charge in [0.05, 0.1) is 0 Å². The van der Waals surface area contributed by atoms with Gasteiger partial charge in [0.1, 0.15) is 18.1 Å². The van der Waals surface area contributed by atoms with Gasteiger partial charge in [-0.1, -0.05) is 60.7 Å². The van der Waals surface area contributed by atoms with Crippen LogP contribution in [0.15, 0.2) is 72.1 Å². The van der Waals surface area contributed by atoms with Gasteiger partial charge in [0.2, 0.25) is 4.77 Å². The highest BCUT2D eigenvalue weighted by Gasteiger charge is 2.17. The van der Waals surface area contributed by atoms with Crippen LogP contribution in [-0.4, -0.2) is 25.7 Å². The number of hydrogen-bond acceptors (Lipinski definition) is 4. The van der Waals surface area contributed by atoms with Crippen molar-refractivity contribution in [3.8, 4) is 0 Å². The van der Waals surface area contributed by atoms with E-state index in [1.165, 1.54) is 11.0 Å². The molecule has 22 heavy (non-hydrogen) atoms. The van der Waals surface area contributed by atoms with Crippen LogP contribution in [0.5, 0.6) is 0 Å². The van der Waals surface area contributed by atoms with Gasteiger partial charge in [-0.05, 0) is 17.8 Å². The van der Waals surface area contributed by atoms with Gasteiger partial charge in [-0.3, -0.25) is 5.10 Å². The minimum absolute atomic E-state index is 0.369. The maximum atomic E-state index is 10.7. The van der Waals surface area contributed by atoms with E-state index in [0.29, 0.717) is 10.5 Å². The van der Waals surface area contributed by atoms with E-state index >= 15 is 0 Å². The molecule has 0 radical (unpaired) electrons. The van der Waals surface area contributed by atoms with Gasteiger partial charge in [-0.15, -0.1) is 0 Å². The molecule has 0 spiro atoms. The molecule has 3 rings (SSSR count). The monoisotopic (exact) mass is 310 g/mol. The summed E-state index contributed by atoms with van der Waals surface area (Å²) in [5.41, 5.74) is 2.09. The lowest BCUT2D eigenvalue weighted by Crippen LogP contribution is -2.15. The van der Waals surface area contributed by atoms with Crippen LogP contribution in [0.3, 0.4) is 0 Å². The number of aromatic nitrogens is 3. The standard InChI is InChI=1S/C16H14N4OS/c21-15(13-9-5-2-6-10-13)14(12-7-3-1-4-8-12)19-20-11-17-18-16(20)22/h1-11,15,21H,(H,18,22)/b19-14+. The van der Waals surface area contributed by atoms with Crippen LogP contribution in [0.2, 0.25) is 0 Å². The highest BCUT2D eigenvalue weighted by molar-refractivity contribution is 7.71. The lowest BCUT2D eigenvalue weighted by atomic mass is 9.99. The van der Waals surface area contributed by atoms with E-state index in [9.17, 15) is 5.11 Å². The Morgan fingerprint density at radius 1 is 1.09 bits per heavy atom. The lowest BCUT2D eigenvalue weighted by molar-refractivity contribution is 0.247. The van der Waals surface area contributed by atoms with Crippen LogP contribution in [0.25, 0.3) is 0 Å². The minimum atomic E-state index is -0.861. The number of aliphatic hydroxyl groups is 1. The first kappa shape index (κ1) is 14.4. The smallest absolute Gasteiger partial charge is 0.216 e. The van der Waals surface area contributed by atoms with E-state index in [2.05, 4.69) is 15.3 Å². The van der Waals surface area contributed by atoms with Gasteiger partial charge in [0.25, 0.3) is 0 Å². The molecule has 1 atom stereocenters. The molecule has 3 aromatic rings. The zero-order valence-electron chi connectivity index (χ0n) is 11.6. The van der Waals surface area contributed by atoms with Gasteiger partial charge >= 0.3 is 0 Å². The van der Waals surface area contributed by atoms with Crippen molar-refractivity contribution in [1.29, 1.82) is 0 Å². The van der Waals surface area contributed by atoms with Crippen molar-refractivity contribution in [2.45, 2.75) is 6.10 Å². The van der Waals surface area contributed by atoms with Crippen molar-refractivity contribution in [2.75, 3.05) is 0 Å². The summed E-state index contributed by atoms with van der Waals surface area (Å²) in [6.07, 6.45) is 0.614. The molecule has 0 saturated carbocycles. The Bertz CT molecular complexity index is 824. The minimum Gasteiger partial charge on any atom is -0.382 e. The summed E-state index contributed by atoms with van der Waals surface area (Å²) in [5.74, 6) is 0. The van der Waals surface area contributed by atoms with Crippen LogP contribution >= 0.6 is 12.2 Å². The highest BCUT2D eigenvalue weighted by Crippen LogP contribution is 2.19. The van der Waals surface area contributed by atoms with Crippen LogP contribution in [-0.2, 0) is 0 Å². The molecule has 0 saturated heterocycles. The Labute approximate surface area is 132 Å². The summed E-state index contributed by atoms with van der Waals surface area (Å²) < 4.78 is 1.80. The molecule has 0 fully saturated rings. The fourth-order valence-electron chi connectivity index (χ4n) is 2.10. The Morgan fingerprint density at radius 3 is 2.32 bits per heavy atom. The van der Waals surface area contributed by atoms with Crippen LogP contribution in [0.1, 0.15) is 17.2 Å². The maximum Gasteiger partial charge on any atom is 0.216 e. The van der Waals surface area contributed by atoms with E-state index in [0.717, 1.165) is 11.1 Å². The summed E-state index contributed by atoms with van der Waals surface area (Å²) >= 11 is 5.11. The second-order valence-corrected chi connectivity index (χ2v) is 5.06. The summed E-state index contributed by atoms with van der Waals surface area (Å²) in [4.78, 5) is 0. The molecule has 0 aliphatic heterocycles. The summed E-state index contributed by atoms with van der Waals surface area (Å²) in [6, 6.07) is 18.9. The second-order valence-electron chi connectivity index (χ2n) is 4.67. The number of nitrogens with zero attached hydrogens (tertiary/aromatic N) is 3. The number of benzene rings is 2. The Kier molecular flexibility index (Phi) is 4.22. The quantitative estimate of drug-likeness (QED) is 0.575. The third-order valence-electron chi connectivity index (χ3n) is 3.19. The molecule has 0 aliphatic rings. The third kappa shape index (κ3) is 3.03. The fourth-order valence-corrected chi connectivity index (χ4v) is 2.24. The third-order valence-corrected chi connectivity index (χ3v) is 3.47. The molecule has 110 valence electrons. The number of aliphatic hydroxyl groups excluding tert-OH is 1. The first-order valence-electron chi connectivity index (χ1n) is 6.75. The van der Waals surface area contributed by atoms with Crippen molar-refractivity contribution in [3.63, 3.8) is 0 Å². The summed E-state index contributed by atoms with van der Waals surface area (Å²) in [6.45, 7) is 0. The molecule has 0 aliphatic carbocycles. The Morgan fingerprint density at radius 2 is 1.73 bits per heavy atom. The average Bonchev–Trinajstić information content (AvgIpc) is 2.98. The SMILES string of the molecule is OC(/C(=N/n1cn[nH]c1=S)c1ccccc1)c1ccccc1. The van der Waals surface area contributed by atoms with E-state index < -0.39 is 6.10 Å². The van der Waals surface area contributed by atoms with Gasteiger partial charge in [-0.25, -0.2) is 0 Å². The van der Waals surface area contributed by atoms with Crippen molar-refractivity contribution in [2.24, 2.45) is 5.10 Å². The van der Waals surface area contributed by atoms with Crippen molar-refractivity contribution in [1.82, 2.24) is 14.9 Å². The lowest BCUT2D eigenvalue weighted by Gasteiger charge is -2.14. The number of H-pyrrole nitrogens is 1. The number of nitrogens with one attached hydrogen (secondary N) is 1. The molecule has 5 nitrogen and oxygen atoms in total. The van der Waals surface area contributed by atoms with Gasteiger partial charge in [-0.2, -0.15) is 14.9 Å². The van der Waals surface area contributed by atoms with Gasteiger partial charge < -0.3 is 5.11 Å². The van der Waals surface area contributed by atoms with E-state index in [1.807, 2.05) is 60.7 Å². The molecule has 0 amide bonds. The molecule has 6 heteroatoms. The Hall–Kier alpha value is -2.57. The van der Waals surface area contributed by atoms with Gasteiger partial charge in [0, 0.05) is 5.56 Å². The maximum absolute atomic E-state index is 10.7.